The molecule has 0 aliphatic carbocycles. The molecule has 0 radical (unpaired) electrons. The number of para-hydroxylation sites is 1. The van der Waals surface area contributed by atoms with E-state index in [2.05, 4.69) is 0 Å². The summed E-state index contributed by atoms with van der Waals surface area (Å²) in [7, 11) is 0. The number of anilines is 1. The monoisotopic (exact) mass is 375 g/mol. The van der Waals surface area contributed by atoms with Crippen molar-refractivity contribution in [3.8, 4) is 5.75 Å². The van der Waals surface area contributed by atoms with E-state index < -0.39 is 23.5 Å². The molecule has 6 heteroatoms. The molecule has 1 aliphatic heterocycles. The van der Waals surface area contributed by atoms with Gasteiger partial charge in [0.2, 0.25) is 5.78 Å². The SMILES string of the molecule is Cc1ccccc1N1C(=O)C(O)=C(C(=O)c2ccco2)C1c1cccc(O)c1. The van der Waals surface area contributed by atoms with Gasteiger partial charge in [-0.15, -0.1) is 0 Å². The molecule has 140 valence electrons. The number of rotatable bonds is 4. The van der Waals surface area contributed by atoms with Crippen LogP contribution in [-0.4, -0.2) is 21.9 Å². The van der Waals surface area contributed by atoms with E-state index in [1.54, 1.807) is 30.3 Å². The molecule has 0 spiro atoms. The molecule has 1 aromatic heterocycles. The number of furan rings is 1. The van der Waals surface area contributed by atoms with Gasteiger partial charge in [0, 0.05) is 5.69 Å². The molecule has 1 aliphatic rings. The van der Waals surface area contributed by atoms with Crippen molar-refractivity contribution in [1.29, 1.82) is 0 Å². The molecular weight excluding hydrogens is 358 g/mol. The number of ketones is 1. The molecule has 1 atom stereocenters. The largest absolute Gasteiger partial charge is 0.508 e. The summed E-state index contributed by atoms with van der Waals surface area (Å²) >= 11 is 0. The number of aliphatic hydroxyl groups is 1. The molecular formula is C22H17NO5. The summed E-state index contributed by atoms with van der Waals surface area (Å²) in [5.74, 6) is -1.88. The molecule has 2 aromatic carbocycles. The fourth-order valence-electron chi connectivity index (χ4n) is 3.47. The zero-order valence-corrected chi connectivity index (χ0v) is 15.0. The van der Waals surface area contributed by atoms with Gasteiger partial charge >= 0.3 is 0 Å². The Morgan fingerprint density at radius 3 is 2.50 bits per heavy atom. The second-order valence-corrected chi connectivity index (χ2v) is 6.53. The number of carbonyl (C=O) groups is 2. The van der Waals surface area contributed by atoms with E-state index in [1.807, 2.05) is 19.1 Å². The van der Waals surface area contributed by atoms with Crippen LogP contribution in [0.15, 0.2) is 82.7 Å². The number of phenolic OH excluding ortho intramolecular Hbond substituents is 1. The number of hydrogen-bond acceptors (Lipinski definition) is 5. The molecule has 0 saturated heterocycles. The van der Waals surface area contributed by atoms with Crippen molar-refractivity contribution >= 4 is 17.4 Å². The van der Waals surface area contributed by atoms with E-state index in [4.69, 9.17) is 4.42 Å². The van der Waals surface area contributed by atoms with Gasteiger partial charge in [-0.3, -0.25) is 14.5 Å². The highest BCUT2D eigenvalue weighted by molar-refractivity contribution is 6.20. The van der Waals surface area contributed by atoms with Crippen molar-refractivity contribution in [1.82, 2.24) is 0 Å². The van der Waals surface area contributed by atoms with Gasteiger partial charge in [0.05, 0.1) is 17.9 Å². The number of Topliss-reactive ketones (excluding diaryl/α,β-unsaturated/α-hetero) is 1. The van der Waals surface area contributed by atoms with Gasteiger partial charge < -0.3 is 14.6 Å². The lowest BCUT2D eigenvalue weighted by molar-refractivity contribution is -0.117. The number of aliphatic hydroxyl groups excluding tert-OH is 1. The first-order valence-corrected chi connectivity index (χ1v) is 8.68. The van der Waals surface area contributed by atoms with Gasteiger partial charge in [-0.05, 0) is 48.4 Å². The summed E-state index contributed by atoms with van der Waals surface area (Å²) in [6, 6.07) is 15.6. The smallest absolute Gasteiger partial charge is 0.294 e. The molecule has 1 amide bonds. The van der Waals surface area contributed by atoms with Gasteiger partial charge in [-0.2, -0.15) is 0 Å². The number of aromatic hydroxyl groups is 1. The van der Waals surface area contributed by atoms with Crippen LogP contribution in [0, 0.1) is 6.92 Å². The first-order chi connectivity index (χ1) is 13.5. The Labute approximate surface area is 161 Å². The van der Waals surface area contributed by atoms with Crippen LogP contribution >= 0.6 is 0 Å². The molecule has 28 heavy (non-hydrogen) atoms. The highest BCUT2D eigenvalue weighted by Crippen LogP contribution is 2.43. The molecule has 0 fully saturated rings. The number of hydrogen-bond donors (Lipinski definition) is 2. The minimum atomic E-state index is -0.904. The minimum absolute atomic E-state index is 0.00845. The van der Waals surface area contributed by atoms with E-state index in [0.29, 0.717) is 11.3 Å². The Morgan fingerprint density at radius 1 is 1.04 bits per heavy atom. The molecule has 3 aromatic rings. The van der Waals surface area contributed by atoms with E-state index in [0.717, 1.165) is 5.56 Å². The van der Waals surface area contributed by atoms with Crippen LogP contribution in [-0.2, 0) is 4.79 Å². The van der Waals surface area contributed by atoms with Crippen LogP contribution in [0.3, 0.4) is 0 Å². The summed E-state index contributed by atoms with van der Waals surface area (Å²) in [5, 5.41) is 20.6. The normalized spacial score (nSPS) is 16.7. The van der Waals surface area contributed by atoms with Gasteiger partial charge in [0.15, 0.2) is 11.5 Å². The molecule has 1 unspecified atom stereocenters. The Bertz CT molecular complexity index is 1100. The third-order valence-electron chi connectivity index (χ3n) is 4.76. The lowest BCUT2D eigenvalue weighted by Crippen LogP contribution is -2.31. The Balaban J connectivity index is 1.92. The third-order valence-corrected chi connectivity index (χ3v) is 4.76. The maximum absolute atomic E-state index is 13.0. The lowest BCUT2D eigenvalue weighted by Gasteiger charge is -2.28. The Kier molecular flexibility index (Phi) is 4.24. The number of nitrogens with zero attached hydrogens (tertiary/aromatic N) is 1. The van der Waals surface area contributed by atoms with Crippen LogP contribution < -0.4 is 4.90 Å². The van der Waals surface area contributed by atoms with Crippen molar-refractivity contribution in [2.24, 2.45) is 0 Å². The quantitative estimate of drug-likeness (QED) is 0.671. The molecule has 0 saturated carbocycles. The van der Waals surface area contributed by atoms with Gasteiger partial charge in [0.25, 0.3) is 5.91 Å². The third kappa shape index (κ3) is 2.75. The summed E-state index contributed by atoms with van der Waals surface area (Å²) in [4.78, 5) is 27.4. The number of aryl methyl sites for hydroxylation is 1. The van der Waals surface area contributed by atoms with Crippen LogP contribution in [0.4, 0.5) is 5.69 Å². The van der Waals surface area contributed by atoms with Crippen LogP contribution in [0.5, 0.6) is 5.75 Å². The number of amides is 1. The maximum Gasteiger partial charge on any atom is 0.294 e. The van der Waals surface area contributed by atoms with Crippen molar-refractivity contribution in [3.05, 3.63) is 95.1 Å². The zero-order valence-electron chi connectivity index (χ0n) is 15.0. The number of benzene rings is 2. The predicted octanol–water partition coefficient (Wildman–Crippen LogP) is 4.08. The molecule has 6 nitrogen and oxygen atoms in total. The standard InChI is InChI=1S/C22H17NO5/c1-13-6-2-3-9-16(13)23-19(14-7-4-8-15(24)12-14)18(21(26)22(23)27)20(25)17-10-5-11-28-17/h2-12,19,24,26H,1H3. The first kappa shape index (κ1) is 17.6. The first-order valence-electron chi connectivity index (χ1n) is 8.68. The zero-order chi connectivity index (χ0) is 19.8. The van der Waals surface area contributed by atoms with Crippen molar-refractivity contribution in [3.63, 3.8) is 0 Å². The second-order valence-electron chi connectivity index (χ2n) is 6.53. The summed E-state index contributed by atoms with van der Waals surface area (Å²) in [6.45, 7) is 1.84. The molecule has 4 rings (SSSR count). The second kappa shape index (κ2) is 6.74. The topological polar surface area (TPSA) is 91.0 Å². The van der Waals surface area contributed by atoms with E-state index in [-0.39, 0.29) is 17.1 Å². The fourth-order valence-corrected chi connectivity index (χ4v) is 3.47. The predicted molar refractivity (Wildman–Crippen MR) is 102 cm³/mol. The lowest BCUT2D eigenvalue weighted by atomic mass is 9.94. The van der Waals surface area contributed by atoms with Crippen LogP contribution in [0.2, 0.25) is 0 Å². The van der Waals surface area contributed by atoms with Crippen LogP contribution in [0.25, 0.3) is 0 Å². The molecule has 0 bridgehead atoms. The maximum atomic E-state index is 13.0. The summed E-state index contributed by atoms with van der Waals surface area (Å²) in [5.41, 5.74) is 1.78. The highest BCUT2D eigenvalue weighted by Gasteiger charge is 2.45. The summed E-state index contributed by atoms with van der Waals surface area (Å²) < 4.78 is 5.19. The van der Waals surface area contributed by atoms with E-state index in [9.17, 15) is 19.8 Å². The average molecular weight is 375 g/mol. The Morgan fingerprint density at radius 2 is 1.82 bits per heavy atom. The average Bonchev–Trinajstić information content (AvgIpc) is 3.30. The van der Waals surface area contributed by atoms with Crippen LogP contribution in [0.1, 0.15) is 27.7 Å². The highest BCUT2D eigenvalue weighted by atomic mass is 16.3. The number of carbonyl (C=O) groups excluding carboxylic acids is 2. The minimum Gasteiger partial charge on any atom is -0.508 e. The summed E-state index contributed by atoms with van der Waals surface area (Å²) in [6.07, 6.45) is 1.35. The fraction of sp³-hybridized carbons (Fsp3) is 0.0909. The van der Waals surface area contributed by atoms with Crippen molar-refractivity contribution in [2.45, 2.75) is 13.0 Å². The number of phenols is 1. The van der Waals surface area contributed by atoms with Crippen molar-refractivity contribution in [2.75, 3.05) is 4.90 Å². The molecule has 2 heterocycles. The van der Waals surface area contributed by atoms with E-state index in [1.165, 1.54) is 29.4 Å². The Hall–Kier alpha value is -3.80. The van der Waals surface area contributed by atoms with Gasteiger partial charge in [-0.25, -0.2) is 0 Å². The van der Waals surface area contributed by atoms with Crippen molar-refractivity contribution < 1.29 is 24.2 Å². The van der Waals surface area contributed by atoms with Gasteiger partial charge in [-0.1, -0.05) is 30.3 Å². The van der Waals surface area contributed by atoms with E-state index >= 15 is 0 Å². The molecule has 2 N–H and O–H groups in total. The van der Waals surface area contributed by atoms with Gasteiger partial charge in [0.1, 0.15) is 5.75 Å².